The molecule has 1 saturated heterocycles. The summed E-state index contributed by atoms with van der Waals surface area (Å²) in [5.74, 6) is 0.963. The third-order valence-electron chi connectivity index (χ3n) is 3.67. The molecule has 0 aromatic heterocycles. The summed E-state index contributed by atoms with van der Waals surface area (Å²) in [6, 6.07) is 0. The van der Waals surface area contributed by atoms with Crippen LogP contribution in [0, 0.1) is 17.8 Å². The number of carbonyl (C=O) groups excluding carboxylic acids is 1. The molecule has 1 heterocycles. The summed E-state index contributed by atoms with van der Waals surface area (Å²) in [5, 5.41) is 0. The van der Waals surface area contributed by atoms with Gasteiger partial charge in [-0.25, -0.2) is 4.79 Å². The van der Waals surface area contributed by atoms with Gasteiger partial charge in [-0.3, -0.25) is 0 Å². The van der Waals surface area contributed by atoms with Crippen molar-refractivity contribution in [3.8, 4) is 0 Å². The molecular formula is C11H20O3. The van der Waals surface area contributed by atoms with Gasteiger partial charge in [0.25, 0.3) is 0 Å². The second-order valence-corrected chi connectivity index (χ2v) is 4.36. The maximum Gasteiger partial charge on any atom is 0.335 e. The van der Waals surface area contributed by atoms with E-state index < -0.39 is 0 Å². The molecule has 1 aliphatic rings. The lowest BCUT2D eigenvalue weighted by molar-refractivity contribution is -0.179. The molecule has 0 amide bonds. The molecule has 14 heavy (non-hydrogen) atoms. The second-order valence-electron chi connectivity index (χ2n) is 4.36. The van der Waals surface area contributed by atoms with Gasteiger partial charge in [-0.1, -0.05) is 20.8 Å². The standard InChI is InChI=1S/C11H20O3/c1-6-7(2)9(4)14-10(8(6)3)11(12)13-5/h6-10H,1-5H3. The second kappa shape index (κ2) is 4.30. The fraction of sp³-hybridized carbons (Fsp3) is 0.909. The predicted molar refractivity (Wildman–Crippen MR) is 53.8 cm³/mol. The third-order valence-corrected chi connectivity index (χ3v) is 3.67. The summed E-state index contributed by atoms with van der Waals surface area (Å²) >= 11 is 0. The Kier molecular flexibility index (Phi) is 3.53. The Balaban J connectivity index is 2.75. The molecule has 3 nitrogen and oxygen atoms in total. The maximum atomic E-state index is 11.4. The van der Waals surface area contributed by atoms with Crippen molar-refractivity contribution in [2.24, 2.45) is 17.8 Å². The molecule has 0 saturated carbocycles. The summed E-state index contributed by atoms with van der Waals surface area (Å²) in [7, 11) is 1.41. The van der Waals surface area contributed by atoms with E-state index in [0.29, 0.717) is 11.8 Å². The van der Waals surface area contributed by atoms with Crippen LogP contribution in [0.15, 0.2) is 0 Å². The van der Waals surface area contributed by atoms with Gasteiger partial charge in [0.1, 0.15) is 0 Å². The van der Waals surface area contributed by atoms with Crippen molar-refractivity contribution in [2.45, 2.75) is 39.9 Å². The molecular weight excluding hydrogens is 180 g/mol. The van der Waals surface area contributed by atoms with Crippen LogP contribution in [-0.2, 0) is 14.3 Å². The average Bonchev–Trinajstić information content (AvgIpc) is 2.19. The zero-order chi connectivity index (χ0) is 10.9. The van der Waals surface area contributed by atoms with Crippen LogP contribution < -0.4 is 0 Å². The fourth-order valence-electron chi connectivity index (χ4n) is 2.05. The van der Waals surface area contributed by atoms with Gasteiger partial charge in [-0.05, 0) is 24.7 Å². The van der Waals surface area contributed by atoms with Gasteiger partial charge in [0, 0.05) is 0 Å². The minimum absolute atomic E-state index is 0.130. The van der Waals surface area contributed by atoms with E-state index in [-0.39, 0.29) is 24.1 Å². The molecule has 0 spiro atoms. The quantitative estimate of drug-likeness (QED) is 0.606. The van der Waals surface area contributed by atoms with E-state index in [0.717, 1.165) is 0 Å². The first kappa shape index (κ1) is 11.5. The number of ether oxygens (including phenoxy) is 2. The summed E-state index contributed by atoms with van der Waals surface area (Å²) in [4.78, 5) is 11.4. The highest BCUT2D eigenvalue weighted by atomic mass is 16.6. The van der Waals surface area contributed by atoms with Gasteiger partial charge in [-0.2, -0.15) is 0 Å². The van der Waals surface area contributed by atoms with E-state index >= 15 is 0 Å². The lowest BCUT2D eigenvalue weighted by atomic mass is 9.77. The van der Waals surface area contributed by atoms with Crippen molar-refractivity contribution in [3.05, 3.63) is 0 Å². The molecule has 0 aromatic carbocycles. The molecule has 0 N–H and O–H groups in total. The Hall–Kier alpha value is -0.570. The van der Waals surface area contributed by atoms with Gasteiger partial charge in [0.05, 0.1) is 13.2 Å². The summed E-state index contributed by atoms with van der Waals surface area (Å²) in [6.07, 6.45) is -0.258. The molecule has 1 rings (SSSR count). The van der Waals surface area contributed by atoms with E-state index in [1.54, 1.807) is 0 Å². The molecule has 5 unspecified atom stereocenters. The van der Waals surface area contributed by atoms with Crippen LogP contribution in [0.5, 0.6) is 0 Å². The van der Waals surface area contributed by atoms with E-state index in [1.807, 2.05) is 6.92 Å². The summed E-state index contributed by atoms with van der Waals surface area (Å²) in [6.45, 7) is 8.40. The first-order valence-electron chi connectivity index (χ1n) is 5.22. The number of carbonyl (C=O) groups is 1. The largest absolute Gasteiger partial charge is 0.467 e. The number of esters is 1. The highest BCUT2D eigenvalue weighted by Gasteiger charge is 2.40. The summed E-state index contributed by atoms with van der Waals surface area (Å²) < 4.78 is 10.4. The first-order valence-corrected chi connectivity index (χ1v) is 5.22. The average molecular weight is 200 g/mol. The van der Waals surface area contributed by atoms with Gasteiger partial charge >= 0.3 is 5.97 Å². The molecule has 3 heteroatoms. The predicted octanol–water partition coefficient (Wildman–Crippen LogP) is 1.85. The van der Waals surface area contributed by atoms with E-state index in [2.05, 4.69) is 20.8 Å². The van der Waals surface area contributed by atoms with Crippen LogP contribution in [0.2, 0.25) is 0 Å². The molecule has 0 bridgehead atoms. The van der Waals surface area contributed by atoms with E-state index in [1.165, 1.54) is 7.11 Å². The van der Waals surface area contributed by atoms with Crippen molar-refractivity contribution in [3.63, 3.8) is 0 Å². The zero-order valence-electron chi connectivity index (χ0n) is 9.61. The molecule has 0 aromatic rings. The highest BCUT2D eigenvalue weighted by molar-refractivity contribution is 5.75. The van der Waals surface area contributed by atoms with Crippen molar-refractivity contribution in [1.29, 1.82) is 0 Å². The van der Waals surface area contributed by atoms with Crippen molar-refractivity contribution in [2.75, 3.05) is 7.11 Å². The minimum atomic E-state index is -0.388. The molecule has 0 aliphatic carbocycles. The Morgan fingerprint density at radius 2 is 1.64 bits per heavy atom. The maximum absolute atomic E-state index is 11.4. The van der Waals surface area contributed by atoms with Crippen molar-refractivity contribution >= 4 is 5.97 Å². The van der Waals surface area contributed by atoms with Gasteiger partial charge in [0.2, 0.25) is 0 Å². The van der Waals surface area contributed by atoms with Crippen LogP contribution in [0.4, 0.5) is 0 Å². The molecule has 1 aliphatic heterocycles. The molecule has 5 atom stereocenters. The normalized spacial score (nSPS) is 43.4. The van der Waals surface area contributed by atoms with Crippen LogP contribution >= 0.6 is 0 Å². The van der Waals surface area contributed by atoms with Crippen LogP contribution in [0.1, 0.15) is 27.7 Å². The topological polar surface area (TPSA) is 35.5 Å². The lowest BCUT2D eigenvalue weighted by Crippen LogP contribution is -2.47. The Labute approximate surface area is 85.8 Å². The molecule has 82 valence electrons. The SMILES string of the molecule is COC(=O)C1OC(C)C(C)C(C)C1C. The number of hydrogen-bond acceptors (Lipinski definition) is 3. The highest BCUT2D eigenvalue weighted by Crippen LogP contribution is 2.34. The molecule has 1 fully saturated rings. The lowest BCUT2D eigenvalue weighted by Gasteiger charge is -2.41. The minimum Gasteiger partial charge on any atom is -0.467 e. The van der Waals surface area contributed by atoms with E-state index in [9.17, 15) is 4.79 Å². The number of methoxy groups -OCH3 is 1. The van der Waals surface area contributed by atoms with Crippen LogP contribution in [0.25, 0.3) is 0 Å². The van der Waals surface area contributed by atoms with Crippen LogP contribution in [-0.4, -0.2) is 25.3 Å². The van der Waals surface area contributed by atoms with E-state index in [4.69, 9.17) is 9.47 Å². The Bertz CT molecular complexity index is 215. The van der Waals surface area contributed by atoms with Gasteiger partial charge in [0.15, 0.2) is 6.10 Å². The van der Waals surface area contributed by atoms with Gasteiger partial charge < -0.3 is 9.47 Å². The first-order chi connectivity index (χ1) is 6.49. The zero-order valence-corrected chi connectivity index (χ0v) is 9.61. The smallest absolute Gasteiger partial charge is 0.335 e. The summed E-state index contributed by atoms with van der Waals surface area (Å²) in [5.41, 5.74) is 0. The van der Waals surface area contributed by atoms with Crippen molar-refractivity contribution in [1.82, 2.24) is 0 Å². The van der Waals surface area contributed by atoms with Crippen molar-refractivity contribution < 1.29 is 14.3 Å². The third kappa shape index (κ3) is 1.92. The molecule has 0 radical (unpaired) electrons. The van der Waals surface area contributed by atoms with Gasteiger partial charge in [-0.15, -0.1) is 0 Å². The Morgan fingerprint density at radius 3 is 2.14 bits per heavy atom. The fourth-order valence-corrected chi connectivity index (χ4v) is 2.05. The Morgan fingerprint density at radius 1 is 1.07 bits per heavy atom. The monoisotopic (exact) mass is 200 g/mol. The van der Waals surface area contributed by atoms with Crippen LogP contribution in [0.3, 0.4) is 0 Å². The number of hydrogen-bond donors (Lipinski definition) is 0. The number of rotatable bonds is 1.